The third-order valence-electron chi connectivity index (χ3n) is 9.72. The van der Waals surface area contributed by atoms with Gasteiger partial charge in [0.2, 0.25) is 0 Å². The van der Waals surface area contributed by atoms with Crippen LogP contribution in [0.5, 0.6) is 0 Å². The first-order chi connectivity index (χ1) is 26.4. The van der Waals surface area contributed by atoms with Crippen molar-refractivity contribution in [1.82, 2.24) is 19.9 Å². The van der Waals surface area contributed by atoms with Gasteiger partial charge in [0.25, 0.3) is 0 Å². The summed E-state index contributed by atoms with van der Waals surface area (Å²) in [4.78, 5) is 18.3. The van der Waals surface area contributed by atoms with Gasteiger partial charge in [0.15, 0.2) is 0 Å². The standard InChI is InChI=1S/C39H30N3.C11H8N.Ir/c1-24-13-15-41-38(17-24)28-12-11-26(3)35(21-28)29-18-30(36-16-25(2)23-42-27(36)4)20-31(19-29)37-22-39-34(10-7-14-40-39)32-8-5-6-9-33(32)37;1-2-6-10(7-3-1)11-8-4-5-9-12-11;/h5-11,13-23H,1-4H3;1-6,8-9H;/q2*-1;. The maximum atomic E-state index is 4.75. The molecule has 0 amide bonds. The van der Waals surface area contributed by atoms with Gasteiger partial charge < -0.3 is 9.97 Å². The van der Waals surface area contributed by atoms with Crippen molar-refractivity contribution in [2.75, 3.05) is 0 Å². The van der Waals surface area contributed by atoms with Crippen molar-refractivity contribution in [2.24, 2.45) is 0 Å². The van der Waals surface area contributed by atoms with E-state index in [1.807, 2.05) is 73.2 Å². The molecule has 0 N–H and O–H groups in total. The Bertz CT molecular complexity index is 2720. The van der Waals surface area contributed by atoms with Gasteiger partial charge in [-0.15, -0.1) is 65.2 Å². The van der Waals surface area contributed by atoms with E-state index in [0.29, 0.717) is 0 Å². The van der Waals surface area contributed by atoms with Crippen LogP contribution >= 0.6 is 0 Å². The third-order valence-corrected chi connectivity index (χ3v) is 9.72. The Balaban J connectivity index is 0.000000305. The van der Waals surface area contributed by atoms with Gasteiger partial charge in [0.1, 0.15) is 0 Å². The molecule has 9 rings (SSSR count). The fourth-order valence-electron chi connectivity index (χ4n) is 6.97. The van der Waals surface area contributed by atoms with E-state index in [4.69, 9.17) is 9.97 Å². The van der Waals surface area contributed by atoms with Crippen molar-refractivity contribution >= 4 is 21.7 Å². The van der Waals surface area contributed by atoms with E-state index in [9.17, 15) is 0 Å². The van der Waals surface area contributed by atoms with Crippen molar-refractivity contribution < 1.29 is 20.1 Å². The summed E-state index contributed by atoms with van der Waals surface area (Å²) in [5.74, 6) is 0. The summed E-state index contributed by atoms with van der Waals surface area (Å²) in [7, 11) is 0. The van der Waals surface area contributed by atoms with E-state index in [-0.39, 0.29) is 20.1 Å². The molecule has 0 spiro atoms. The van der Waals surface area contributed by atoms with Crippen LogP contribution in [0.15, 0.2) is 158 Å². The van der Waals surface area contributed by atoms with Gasteiger partial charge in [-0.1, -0.05) is 66.6 Å². The van der Waals surface area contributed by atoms with Crippen molar-refractivity contribution in [3.8, 4) is 55.9 Å². The molecule has 4 heterocycles. The van der Waals surface area contributed by atoms with Crippen LogP contribution in [0, 0.1) is 39.8 Å². The van der Waals surface area contributed by atoms with Gasteiger partial charge in [-0.3, -0.25) is 9.97 Å². The quantitative estimate of drug-likeness (QED) is 0.128. The normalized spacial score (nSPS) is 10.8. The molecule has 0 aliphatic heterocycles. The zero-order valence-corrected chi connectivity index (χ0v) is 33.5. The van der Waals surface area contributed by atoms with Gasteiger partial charge in [0.05, 0.1) is 5.52 Å². The molecule has 0 fully saturated rings. The molecule has 0 unspecified atom stereocenters. The van der Waals surface area contributed by atoms with E-state index in [1.165, 1.54) is 27.5 Å². The molecule has 4 aromatic heterocycles. The van der Waals surface area contributed by atoms with Crippen LogP contribution in [0.1, 0.15) is 22.4 Å². The average molecular weight is 887 g/mol. The Morgan fingerprint density at radius 2 is 1.16 bits per heavy atom. The van der Waals surface area contributed by atoms with Gasteiger partial charge in [-0.25, -0.2) is 0 Å². The second-order valence-electron chi connectivity index (χ2n) is 13.6. The van der Waals surface area contributed by atoms with Crippen LogP contribution in [0.25, 0.3) is 77.6 Å². The first-order valence-corrected chi connectivity index (χ1v) is 18.1. The van der Waals surface area contributed by atoms with Crippen LogP contribution in [-0.2, 0) is 20.1 Å². The number of aromatic nitrogens is 4. The van der Waals surface area contributed by atoms with Gasteiger partial charge >= 0.3 is 0 Å². The van der Waals surface area contributed by atoms with E-state index in [0.717, 1.165) is 72.5 Å². The number of rotatable bonds is 5. The predicted molar refractivity (Wildman–Crippen MR) is 223 cm³/mol. The Hall–Kier alpha value is -6.13. The van der Waals surface area contributed by atoms with E-state index < -0.39 is 0 Å². The molecular formula is C50H38IrN4-2. The summed E-state index contributed by atoms with van der Waals surface area (Å²) in [6, 6.07) is 52.9. The molecule has 269 valence electrons. The fraction of sp³-hybridized carbons (Fsp3) is 0.0800. The molecule has 0 aliphatic rings. The van der Waals surface area contributed by atoms with E-state index in [1.54, 1.807) is 6.20 Å². The summed E-state index contributed by atoms with van der Waals surface area (Å²) >= 11 is 0. The topological polar surface area (TPSA) is 51.6 Å². The van der Waals surface area contributed by atoms with Crippen LogP contribution in [0.4, 0.5) is 0 Å². The minimum atomic E-state index is 0. The average Bonchev–Trinajstić information content (AvgIpc) is 3.22. The maximum Gasteiger partial charge on any atom is 0.0714 e. The number of hydrogen-bond acceptors (Lipinski definition) is 4. The van der Waals surface area contributed by atoms with Crippen LogP contribution in [-0.4, -0.2) is 19.9 Å². The van der Waals surface area contributed by atoms with Crippen molar-refractivity contribution in [2.45, 2.75) is 27.7 Å². The van der Waals surface area contributed by atoms with Crippen molar-refractivity contribution in [1.29, 1.82) is 0 Å². The zero-order chi connectivity index (χ0) is 37.0. The molecule has 1 radical (unpaired) electrons. The van der Waals surface area contributed by atoms with Crippen LogP contribution in [0.2, 0.25) is 0 Å². The minimum absolute atomic E-state index is 0. The molecule has 0 saturated carbocycles. The van der Waals surface area contributed by atoms with E-state index in [2.05, 4.69) is 129 Å². The number of nitrogens with zero attached hydrogens (tertiary/aromatic N) is 4. The Kier molecular flexibility index (Phi) is 11.1. The van der Waals surface area contributed by atoms with Crippen LogP contribution in [0.3, 0.4) is 0 Å². The van der Waals surface area contributed by atoms with Gasteiger partial charge in [-0.2, -0.15) is 0 Å². The molecule has 9 aromatic rings. The second kappa shape index (κ2) is 16.5. The monoisotopic (exact) mass is 887 g/mol. The fourth-order valence-corrected chi connectivity index (χ4v) is 6.97. The summed E-state index contributed by atoms with van der Waals surface area (Å²) in [5.41, 5.74) is 16.3. The van der Waals surface area contributed by atoms with E-state index >= 15 is 0 Å². The Labute approximate surface area is 336 Å². The number of aryl methyl sites for hydroxylation is 4. The second-order valence-corrected chi connectivity index (χ2v) is 13.6. The van der Waals surface area contributed by atoms with Crippen molar-refractivity contribution in [3.05, 3.63) is 193 Å². The third kappa shape index (κ3) is 8.05. The summed E-state index contributed by atoms with van der Waals surface area (Å²) in [5, 5.41) is 3.58. The van der Waals surface area contributed by atoms with Crippen molar-refractivity contribution in [3.63, 3.8) is 0 Å². The largest absolute Gasteiger partial charge is 0.305 e. The first-order valence-electron chi connectivity index (χ1n) is 18.1. The smallest absolute Gasteiger partial charge is 0.0714 e. The summed E-state index contributed by atoms with van der Waals surface area (Å²) < 4.78 is 0. The minimum Gasteiger partial charge on any atom is -0.305 e. The number of pyridine rings is 4. The molecular weight excluding hydrogens is 849 g/mol. The summed E-state index contributed by atoms with van der Waals surface area (Å²) in [6.07, 6.45) is 7.46. The Morgan fingerprint density at radius 1 is 0.455 bits per heavy atom. The molecule has 5 aromatic carbocycles. The molecule has 0 aliphatic carbocycles. The molecule has 4 nitrogen and oxygen atoms in total. The number of hydrogen-bond donors (Lipinski definition) is 0. The SMILES string of the molecule is Cc1ccnc(-c2[c-]cc(C)c(-c3cc(-c4cc(C)cnc4C)cc(-c4cc5ncccc5c5ccccc45)c3)c2)c1.[Ir].[c-]1ccccc1-c1ccccn1. The zero-order valence-electron chi connectivity index (χ0n) is 31.1. The maximum absolute atomic E-state index is 4.75. The summed E-state index contributed by atoms with van der Waals surface area (Å²) in [6.45, 7) is 8.43. The number of benzene rings is 5. The van der Waals surface area contributed by atoms with Gasteiger partial charge in [0, 0.05) is 61.5 Å². The molecule has 0 bridgehead atoms. The molecule has 0 saturated heterocycles. The Morgan fingerprint density at radius 3 is 1.93 bits per heavy atom. The molecule has 55 heavy (non-hydrogen) atoms. The molecule has 0 atom stereocenters. The first kappa shape index (κ1) is 37.2. The van der Waals surface area contributed by atoms with Gasteiger partial charge in [-0.05, 0) is 119 Å². The van der Waals surface area contributed by atoms with Crippen LogP contribution < -0.4 is 0 Å². The predicted octanol–water partition coefficient (Wildman–Crippen LogP) is 12.4. The number of fused-ring (bicyclic) bond motifs is 3. The molecule has 5 heteroatoms.